The van der Waals surface area contributed by atoms with E-state index in [1.54, 1.807) is 16.8 Å². The van der Waals surface area contributed by atoms with Crippen LogP contribution in [0.15, 0.2) is 6.33 Å². The van der Waals surface area contributed by atoms with Crippen LogP contribution < -0.4 is 4.90 Å². The van der Waals surface area contributed by atoms with E-state index < -0.39 is 0 Å². The lowest BCUT2D eigenvalue weighted by Gasteiger charge is -2.36. The van der Waals surface area contributed by atoms with Crippen LogP contribution in [0.5, 0.6) is 0 Å². The Labute approximate surface area is 124 Å². The Hall–Kier alpha value is -1.16. The van der Waals surface area contributed by atoms with E-state index in [0.29, 0.717) is 6.04 Å². The van der Waals surface area contributed by atoms with Gasteiger partial charge in [0.1, 0.15) is 17.0 Å². The number of fused-ring (bicyclic) bond motifs is 3. The van der Waals surface area contributed by atoms with Gasteiger partial charge in [-0.25, -0.2) is 9.97 Å². The third-order valence-electron chi connectivity index (χ3n) is 4.85. The number of hydrogen-bond donors (Lipinski definition) is 0. The van der Waals surface area contributed by atoms with Crippen LogP contribution in [0.3, 0.4) is 0 Å². The largest absolute Gasteiger partial charge is 0.353 e. The van der Waals surface area contributed by atoms with Gasteiger partial charge >= 0.3 is 0 Å². The molecule has 4 rings (SSSR count). The molecule has 1 atom stereocenters. The van der Waals surface area contributed by atoms with Crippen molar-refractivity contribution in [2.75, 3.05) is 11.4 Å². The van der Waals surface area contributed by atoms with Gasteiger partial charge in [0, 0.05) is 17.5 Å². The summed E-state index contributed by atoms with van der Waals surface area (Å²) in [6.07, 6.45) is 10.7. The normalized spacial score (nSPS) is 22.4. The Balaban J connectivity index is 1.86. The van der Waals surface area contributed by atoms with Gasteiger partial charge in [0.2, 0.25) is 0 Å². The molecule has 1 unspecified atom stereocenters. The van der Waals surface area contributed by atoms with Gasteiger partial charge in [0.25, 0.3) is 0 Å². The number of anilines is 1. The lowest BCUT2D eigenvalue weighted by Crippen LogP contribution is -2.39. The van der Waals surface area contributed by atoms with Crippen molar-refractivity contribution in [2.45, 2.75) is 57.9 Å². The maximum Gasteiger partial charge on any atom is 0.141 e. The van der Waals surface area contributed by atoms with Crippen molar-refractivity contribution in [1.82, 2.24) is 9.97 Å². The molecule has 3 heterocycles. The first-order chi connectivity index (χ1) is 9.88. The summed E-state index contributed by atoms with van der Waals surface area (Å²) >= 11 is 1.90. The van der Waals surface area contributed by atoms with Crippen LogP contribution in [0.25, 0.3) is 10.2 Å². The molecule has 4 heteroatoms. The third kappa shape index (κ3) is 1.85. The van der Waals surface area contributed by atoms with E-state index in [4.69, 9.17) is 4.98 Å². The second kappa shape index (κ2) is 4.99. The van der Waals surface area contributed by atoms with Gasteiger partial charge in [-0.1, -0.05) is 6.92 Å². The fourth-order valence-corrected chi connectivity index (χ4v) is 5.06. The lowest BCUT2D eigenvalue weighted by atomic mass is 9.99. The smallest absolute Gasteiger partial charge is 0.141 e. The van der Waals surface area contributed by atoms with Crippen LogP contribution in [0.1, 0.15) is 49.5 Å². The first kappa shape index (κ1) is 12.6. The molecule has 20 heavy (non-hydrogen) atoms. The number of hydrogen-bond acceptors (Lipinski definition) is 4. The lowest BCUT2D eigenvalue weighted by molar-refractivity contribution is 0.447. The molecule has 0 bridgehead atoms. The van der Waals surface area contributed by atoms with Crippen molar-refractivity contribution in [3.8, 4) is 0 Å². The van der Waals surface area contributed by atoms with Crippen molar-refractivity contribution >= 4 is 27.4 Å². The van der Waals surface area contributed by atoms with Gasteiger partial charge in [-0.15, -0.1) is 11.3 Å². The molecule has 1 aliphatic carbocycles. The van der Waals surface area contributed by atoms with Crippen molar-refractivity contribution in [3.05, 3.63) is 16.8 Å². The van der Waals surface area contributed by atoms with Gasteiger partial charge in [0.05, 0.1) is 5.39 Å². The monoisotopic (exact) mass is 287 g/mol. The van der Waals surface area contributed by atoms with Crippen LogP contribution >= 0.6 is 11.3 Å². The molecule has 1 fully saturated rings. The van der Waals surface area contributed by atoms with Crippen molar-refractivity contribution in [1.29, 1.82) is 0 Å². The third-order valence-corrected chi connectivity index (χ3v) is 6.05. The van der Waals surface area contributed by atoms with Crippen LogP contribution in [0.2, 0.25) is 0 Å². The minimum atomic E-state index is 0.666. The molecule has 106 valence electrons. The van der Waals surface area contributed by atoms with Crippen LogP contribution in [0, 0.1) is 0 Å². The number of rotatable bonds is 2. The molecular weight excluding hydrogens is 266 g/mol. The average molecular weight is 287 g/mol. The molecule has 2 aromatic rings. The molecule has 2 aromatic heterocycles. The molecule has 0 amide bonds. The highest BCUT2D eigenvalue weighted by molar-refractivity contribution is 7.19. The Morgan fingerprint density at radius 2 is 2.20 bits per heavy atom. The Bertz CT molecular complexity index is 634. The molecule has 0 radical (unpaired) electrons. The number of aryl methyl sites for hydroxylation is 2. The van der Waals surface area contributed by atoms with E-state index in [1.807, 2.05) is 11.3 Å². The fourth-order valence-electron chi connectivity index (χ4n) is 3.83. The number of thiophene rings is 1. The minimum absolute atomic E-state index is 0.666. The van der Waals surface area contributed by atoms with E-state index in [1.165, 1.54) is 61.0 Å². The van der Waals surface area contributed by atoms with Gasteiger partial charge < -0.3 is 4.90 Å². The standard InChI is InChI=1S/C16H21N3S/c1-2-11-6-3-4-9-19(11)15-14-12-7-5-8-13(12)20-16(14)18-10-17-15/h10-11H,2-9H2,1H3. The fraction of sp³-hybridized carbons (Fsp3) is 0.625. The van der Waals surface area contributed by atoms with E-state index in [-0.39, 0.29) is 0 Å². The molecule has 0 N–H and O–H groups in total. The number of piperidine rings is 1. The first-order valence-corrected chi connectivity index (χ1v) is 8.72. The summed E-state index contributed by atoms with van der Waals surface area (Å²) in [7, 11) is 0. The molecular formula is C16H21N3S. The molecule has 1 aliphatic heterocycles. The van der Waals surface area contributed by atoms with Gasteiger partial charge in [-0.2, -0.15) is 0 Å². The van der Waals surface area contributed by atoms with Crippen LogP contribution in [-0.2, 0) is 12.8 Å². The zero-order valence-electron chi connectivity index (χ0n) is 12.1. The predicted molar refractivity (Wildman–Crippen MR) is 84.7 cm³/mol. The first-order valence-electron chi connectivity index (χ1n) is 7.90. The van der Waals surface area contributed by atoms with Gasteiger partial charge in [0.15, 0.2) is 0 Å². The Morgan fingerprint density at radius 1 is 1.25 bits per heavy atom. The topological polar surface area (TPSA) is 29.0 Å². The summed E-state index contributed by atoms with van der Waals surface area (Å²) in [5.41, 5.74) is 1.56. The summed E-state index contributed by atoms with van der Waals surface area (Å²) in [6, 6.07) is 0.666. The molecule has 3 nitrogen and oxygen atoms in total. The van der Waals surface area contributed by atoms with E-state index >= 15 is 0 Å². The Kier molecular flexibility index (Phi) is 3.14. The molecule has 0 saturated carbocycles. The zero-order chi connectivity index (χ0) is 13.5. The highest BCUT2D eigenvalue weighted by atomic mass is 32.1. The summed E-state index contributed by atoms with van der Waals surface area (Å²) in [6.45, 7) is 3.47. The molecule has 1 saturated heterocycles. The summed E-state index contributed by atoms with van der Waals surface area (Å²) in [4.78, 5) is 14.6. The van der Waals surface area contributed by atoms with E-state index in [0.717, 1.165) is 6.54 Å². The van der Waals surface area contributed by atoms with Gasteiger partial charge in [-0.05, 0) is 50.5 Å². The molecule has 2 aliphatic rings. The highest BCUT2D eigenvalue weighted by Crippen LogP contribution is 2.41. The second-order valence-corrected chi connectivity index (χ2v) is 7.07. The van der Waals surface area contributed by atoms with E-state index in [9.17, 15) is 0 Å². The minimum Gasteiger partial charge on any atom is -0.353 e. The zero-order valence-corrected chi connectivity index (χ0v) is 12.9. The number of aromatic nitrogens is 2. The predicted octanol–water partition coefficient (Wildman–Crippen LogP) is 3.95. The molecule has 0 aromatic carbocycles. The summed E-state index contributed by atoms with van der Waals surface area (Å²) < 4.78 is 0. The van der Waals surface area contributed by atoms with Crippen molar-refractivity contribution < 1.29 is 0 Å². The Morgan fingerprint density at radius 3 is 3.10 bits per heavy atom. The van der Waals surface area contributed by atoms with Crippen LogP contribution in [0.4, 0.5) is 5.82 Å². The highest BCUT2D eigenvalue weighted by Gasteiger charge is 2.27. The SMILES string of the molecule is CCC1CCCCN1c1ncnc2sc3c(c12)CCC3. The maximum absolute atomic E-state index is 4.70. The molecule has 0 spiro atoms. The maximum atomic E-state index is 4.70. The van der Waals surface area contributed by atoms with Crippen molar-refractivity contribution in [2.24, 2.45) is 0 Å². The summed E-state index contributed by atoms with van der Waals surface area (Å²) in [5, 5.41) is 1.38. The second-order valence-electron chi connectivity index (χ2n) is 5.99. The quantitative estimate of drug-likeness (QED) is 0.837. The van der Waals surface area contributed by atoms with Crippen molar-refractivity contribution in [3.63, 3.8) is 0 Å². The average Bonchev–Trinajstić information content (AvgIpc) is 3.07. The summed E-state index contributed by atoms with van der Waals surface area (Å²) in [5.74, 6) is 1.22. The van der Waals surface area contributed by atoms with Crippen LogP contribution in [-0.4, -0.2) is 22.6 Å². The van der Waals surface area contributed by atoms with E-state index in [2.05, 4.69) is 16.8 Å². The number of nitrogens with zero attached hydrogens (tertiary/aromatic N) is 3. The van der Waals surface area contributed by atoms with Gasteiger partial charge in [-0.3, -0.25) is 0 Å².